The number of aromatic nitrogens is 3. The van der Waals surface area contributed by atoms with Crippen LogP contribution >= 0.6 is 0 Å². The fourth-order valence-corrected chi connectivity index (χ4v) is 4.06. The molecule has 200 valence electrons. The number of anilines is 2. The van der Waals surface area contributed by atoms with Gasteiger partial charge >= 0.3 is 12.4 Å². The Morgan fingerprint density at radius 1 is 0.921 bits per heavy atom. The standard InChI is InChI=1S/C27H25F6N5/c1-4-14-38(3)16(2)24-36-22-15-17(23-21(27(31,32)33)6-5-13-34-23)7-12-20(22)25(37-24)35-19-10-8-18(9-11-19)26(28,29)30/h5-13,15-16H,4,14H2,1-3H3,(H,35,36,37). The topological polar surface area (TPSA) is 53.9 Å². The molecular formula is C27H25F6N5. The third-order valence-electron chi connectivity index (χ3n) is 6.19. The summed E-state index contributed by atoms with van der Waals surface area (Å²) in [5.74, 6) is 0.738. The molecule has 4 rings (SSSR count). The Morgan fingerprint density at radius 2 is 1.63 bits per heavy atom. The van der Waals surface area contributed by atoms with Crippen molar-refractivity contribution in [1.82, 2.24) is 19.9 Å². The molecule has 1 N–H and O–H groups in total. The first-order valence-electron chi connectivity index (χ1n) is 11.9. The van der Waals surface area contributed by atoms with Crippen LogP contribution in [0.3, 0.4) is 0 Å². The molecule has 2 aromatic heterocycles. The molecule has 0 radical (unpaired) electrons. The molecule has 0 aliphatic heterocycles. The summed E-state index contributed by atoms with van der Waals surface area (Å²) < 4.78 is 79.9. The van der Waals surface area contributed by atoms with Crippen LogP contribution in [0.1, 0.15) is 43.3 Å². The third kappa shape index (κ3) is 5.88. The molecule has 0 aliphatic rings. The second kappa shape index (κ2) is 10.6. The fraction of sp³-hybridized carbons (Fsp3) is 0.296. The first-order chi connectivity index (χ1) is 17.9. The molecular weight excluding hydrogens is 508 g/mol. The Bertz CT molecular complexity index is 1420. The Hall–Kier alpha value is -3.73. The zero-order valence-corrected chi connectivity index (χ0v) is 20.8. The van der Waals surface area contributed by atoms with Gasteiger partial charge in [0.15, 0.2) is 0 Å². The summed E-state index contributed by atoms with van der Waals surface area (Å²) in [7, 11) is 1.91. The molecule has 1 unspecified atom stereocenters. The van der Waals surface area contributed by atoms with E-state index in [0.29, 0.717) is 28.2 Å². The van der Waals surface area contributed by atoms with Gasteiger partial charge in [0.1, 0.15) is 11.6 Å². The van der Waals surface area contributed by atoms with Crippen molar-refractivity contribution in [3.05, 3.63) is 77.7 Å². The summed E-state index contributed by atoms with van der Waals surface area (Å²) in [5, 5.41) is 3.55. The van der Waals surface area contributed by atoms with Gasteiger partial charge in [-0.05, 0) is 75.5 Å². The van der Waals surface area contributed by atoms with Crippen LogP contribution in [0.4, 0.5) is 37.8 Å². The maximum absolute atomic E-state index is 13.6. The van der Waals surface area contributed by atoms with Gasteiger partial charge < -0.3 is 5.32 Å². The summed E-state index contributed by atoms with van der Waals surface area (Å²) in [4.78, 5) is 15.3. The smallest absolute Gasteiger partial charge is 0.340 e. The van der Waals surface area contributed by atoms with Gasteiger partial charge in [0.25, 0.3) is 0 Å². The van der Waals surface area contributed by atoms with E-state index in [4.69, 9.17) is 0 Å². The van der Waals surface area contributed by atoms with Crippen molar-refractivity contribution in [2.75, 3.05) is 18.9 Å². The van der Waals surface area contributed by atoms with E-state index < -0.39 is 23.5 Å². The quantitative estimate of drug-likeness (QED) is 0.245. The van der Waals surface area contributed by atoms with Gasteiger partial charge in [0.05, 0.1) is 28.4 Å². The van der Waals surface area contributed by atoms with Crippen LogP contribution in [0, 0.1) is 0 Å². The Labute approximate surface area is 215 Å². The lowest BCUT2D eigenvalue weighted by atomic mass is 10.0. The van der Waals surface area contributed by atoms with Crippen LogP contribution in [-0.4, -0.2) is 33.4 Å². The highest BCUT2D eigenvalue weighted by atomic mass is 19.4. The van der Waals surface area contributed by atoms with E-state index in [2.05, 4.69) is 20.3 Å². The number of benzene rings is 2. The minimum Gasteiger partial charge on any atom is -0.340 e. The van der Waals surface area contributed by atoms with Crippen molar-refractivity contribution in [2.24, 2.45) is 0 Å². The predicted octanol–water partition coefficient (Wildman–Crippen LogP) is 7.88. The lowest BCUT2D eigenvalue weighted by Gasteiger charge is -2.24. The second-order valence-electron chi connectivity index (χ2n) is 8.92. The molecule has 0 saturated heterocycles. The number of rotatable bonds is 7. The number of hydrogen-bond acceptors (Lipinski definition) is 5. The number of nitrogens with zero attached hydrogens (tertiary/aromatic N) is 4. The fourth-order valence-electron chi connectivity index (χ4n) is 4.06. The molecule has 0 amide bonds. The van der Waals surface area contributed by atoms with Crippen molar-refractivity contribution < 1.29 is 26.3 Å². The van der Waals surface area contributed by atoms with Crippen molar-refractivity contribution in [3.8, 4) is 11.3 Å². The summed E-state index contributed by atoms with van der Waals surface area (Å²) in [6.45, 7) is 4.69. The highest BCUT2D eigenvalue weighted by Gasteiger charge is 2.34. The maximum Gasteiger partial charge on any atom is 0.418 e. The molecule has 1 atom stereocenters. The van der Waals surface area contributed by atoms with Crippen molar-refractivity contribution >= 4 is 22.4 Å². The average Bonchev–Trinajstić information content (AvgIpc) is 2.87. The van der Waals surface area contributed by atoms with Gasteiger partial charge in [-0.3, -0.25) is 9.88 Å². The molecule has 0 spiro atoms. The largest absolute Gasteiger partial charge is 0.418 e. The summed E-state index contributed by atoms with van der Waals surface area (Å²) in [5.41, 5.74) is -0.913. The molecule has 5 nitrogen and oxygen atoms in total. The Morgan fingerprint density at radius 3 is 2.26 bits per heavy atom. The Kier molecular flexibility index (Phi) is 7.59. The number of fused-ring (bicyclic) bond motifs is 1. The van der Waals surface area contributed by atoms with Gasteiger partial charge in [0, 0.05) is 22.8 Å². The number of alkyl halides is 6. The van der Waals surface area contributed by atoms with Gasteiger partial charge in [0.2, 0.25) is 0 Å². The van der Waals surface area contributed by atoms with Crippen LogP contribution in [0.5, 0.6) is 0 Å². The van der Waals surface area contributed by atoms with Gasteiger partial charge in [-0.25, -0.2) is 9.97 Å². The monoisotopic (exact) mass is 533 g/mol. The average molecular weight is 534 g/mol. The SMILES string of the molecule is CCCN(C)C(C)c1nc(Nc2ccc(C(F)(F)F)cc2)c2ccc(-c3ncccc3C(F)(F)F)cc2n1. The van der Waals surface area contributed by atoms with Gasteiger partial charge in [-0.2, -0.15) is 26.3 Å². The first kappa shape index (κ1) is 27.3. The minimum atomic E-state index is -4.60. The van der Waals surface area contributed by atoms with Crippen LogP contribution in [-0.2, 0) is 12.4 Å². The van der Waals surface area contributed by atoms with Crippen LogP contribution in [0.2, 0.25) is 0 Å². The van der Waals surface area contributed by atoms with Crippen LogP contribution < -0.4 is 5.32 Å². The normalized spacial score (nSPS) is 13.2. The minimum absolute atomic E-state index is 0.226. The van der Waals surface area contributed by atoms with E-state index in [0.717, 1.165) is 31.2 Å². The van der Waals surface area contributed by atoms with E-state index in [1.54, 1.807) is 6.07 Å². The van der Waals surface area contributed by atoms with E-state index in [1.165, 1.54) is 36.5 Å². The lowest BCUT2D eigenvalue weighted by molar-refractivity contribution is -0.138. The number of nitrogens with one attached hydrogen (secondary N) is 1. The molecule has 0 saturated carbocycles. The van der Waals surface area contributed by atoms with Crippen molar-refractivity contribution in [2.45, 2.75) is 38.7 Å². The highest BCUT2D eigenvalue weighted by Crippen LogP contribution is 2.37. The lowest BCUT2D eigenvalue weighted by Crippen LogP contribution is -2.25. The van der Waals surface area contributed by atoms with Crippen molar-refractivity contribution in [3.63, 3.8) is 0 Å². The van der Waals surface area contributed by atoms with Crippen LogP contribution in [0.25, 0.3) is 22.2 Å². The number of hydrogen-bond donors (Lipinski definition) is 1. The van der Waals surface area contributed by atoms with E-state index >= 15 is 0 Å². The maximum atomic E-state index is 13.6. The van der Waals surface area contributed by atoms with E-state index in [-0.39, 0.29) is 17.3 Å². The van der Waals surface area contributed by atoms with Crippen molar-refractivity contribution in [1.29, 1.82) is 0 Å². The molecule has 11 heteroatoms. The third-order valence-corrected chi connectivity index (χ3v) is 6.19. The Balaban J connectivity index is 1.83. The van der Waals surface area contributed by atoms with Gasteiger partial charge in [-0.15, -0.1) is 0 Å². The summed E-state index contributed by atoms with van der Waals surface area (Å²) >= 11 is 0. The van der Waals surface area contributed by atoms with Crippen LogP contribution in [0.15, 0.2) is 60.8 Å². The van der Waals surface area contributed by atoms with E-state index in [9.17, 15) is 26.3 Å². The predicted molar refractivity (Wildman–Crippen MR) is 134 cm³/mol. The molecule has 2 heterocycles. The summed E-state index contributed by atoms with van der Waals surface area (Å²) in [6, 6.07) is 11.1. The first-order valence-corrected chi connectivity index (χ1v) is 11.9. The number of halogens is 6. The number of pyridine rings is 1. The second-order valence-corrected chi connectivity index (χ2v) is 8.92. The van der Waals surface area contributed by atoms with E-state index in [1.807, 2.05) is 25.8 Å². The molecule has 0 aliphatic carbocycles. The van der Waals surface area contributed by atoms with Gasteiger partial charge in [-0.1, -0.05) is 13.0 Å². The highest BCUT2D eigenvalue weighted by molar-refractivity contribution is 5.93. The molecule has 4 aromatic rings. The zero-order chi connectivity index (χ0) is 27.7. The molecule has 38 heavy (non-hydrogen) atoms. The summed E-state index contributed by atoms with van der Waals surface area (Å²) in [6.07, 6.45) is -6.89. The molecule has 0 bridgehead atoms. The molecule has 2 aromatic carbocycles. The zero-order valence-electron chi connectivity index (χ0n) is 20.8. The molecule has 0 fully saturated rings.